The molecular formula is C24H30N2O2S. The molecule has 1 unspecified atom stereocenters. The predicted molar refractivity (Wildman–Crippen MR) is 116 cm³/mol. The van der Waals surface area contributed by atoms with Gasteiger partial charge in [-0.15, -0.1) is 0 Å². The van der Waals surface area contributed by atoms with Gasteiger partial charge < -0.3 is 5.32 Å². The van der Waals surface area contributed by atoms with Gasteiger partial charge in [-0.1, -0.05) is 30.7 Å². The second kappa shape index (κ2) is 7.51. The molecule has 0 spiro atoms. The summed E-state index contributed by atoms with van der Waals surface area (Å²) in [4.78, 5) is 4.73. The van der Waals surface area contributed by atoms with E-state index in [2.05, 4.69) is 35.6 Å². The number of hydrogen-bond acceptors (Lipinski definition) is 4. The van der Waals surface area contributed by atoms with Gasteiger partial charge in [0.2, 0.25) is 0 Å². The molecule has 4 nitrogen and oxygen atoms in total. The summed E-state index contributed by atoms with van der Waals surface area (Å²) in [5.41, 5.74) is 5.16. The van der Waals surface area contributed by atoms with Crippen LogP contribution in [-0.2, 0) is 28.1 Å². The topological polar surface area (TPSA) is 59.1 Å². The van der Waals surface area contributed by atoms with Crippen LogP contribution in [0.15, 0.2) is 42.6 Å². The Bertz CT molecular complexity index is 979. The number of nitrogens with zero attached hydrogens (tertiary/aromatic N) is 1. The molecule has 1 N–H and O–H groups in total. The average molecular weight is 411 g/mol. The van der Waals surface area contributed by atoms with Crippen LogP contribution >= 0.6 is 0 Å². The molecule has 5 heteroatoms. The van der Waals surface area contributed by atoms with Gasteiger partial charge in [0.15, 0.2) is 9.84 Å². The van der Waals surface area contributed by atoms with E-state index in [0.717, 1.165) is 44.2 Å². The molecule has 2 aromatic rings. The monoisotopic (exact) mass is 410 g/mol. The molecule has 2 aliphatic carbocycles. The number of hydrogen-bond donors (Lipinski definition) is 1. The van der Waals surface area contributed by atoms with E-state index in [1.165, 1.54) is 23.2 Å². The third-order valence-electron chi connectivity index (χ3n) is 7.13. The minimum absolute atomic E-state index is 0.0626. The van der Waals surface area contributed by atoms with Crippen LogP contribution in [0.1, 0.15) is 60.5 Å². The maximum absolute atomic E-state index is 12.4. The largest absolute Gasteiger partial charge is 0.309 e. The molecule has 1 aliphatic heterocycles. The van der Waals surface area contributed by atoms with Crippen molar-refractivity contribution in [3.63, 3.8) is 0 Å². The van der Waals surface area contributed by atoms with Crippen molar-refractivity contribution in [2.45, 2.75) is 56.4 Å². The first-order valence-electron chi connectivity index (χ1n) is 11.0. The maximum atomic E-state index is 12.4. The second-order valence-corrected chi connectivity index (χ2v) is 11.4. The first-order valence-corrected chi connectivity index (χ1v) is 12.8. The van der Waals surface area contributed by atoms with Crippen LogP contribution in [0.25, 0.3) is 0 Å². The normalized spacial score (nSPS) is 23.2. The lowest BCUT2D eigenvalue weighted by Gasteiger charge is -2.49. The zero-order valence-electron chi connectivity index (χ0n) is 16.9. The van der Waals surface area contributed by atoms with Crippen LogP contribution in [0, 0.1) is 5.92 Å². The van der Waals surface area contributed by atoms with Crippen LogP contribution < -0.4 is 5.32 Å². The van der Waals surface area contributed by atoms with E-state index in [0.29, 0.717) is 18.1 Å². The highest BCUT2D eigenvalue weighted by molar-refractivity contribution is 7.91. The first kappa shape index (κ1) is 19.3. The predicted octanol–water partition coefficient (Wildman–Crippen LogP) is 3.76. The molecule has 0 saturated heterocycles. The molecule has 0 amide bonds. The minimum atomic E-state index is -2.94. The Labute approximate surface area is 174 Å². The van der Waals surface area contributed by atoms with Crippen LogP contribution in [0.5, 0.6) is 0 Å². The number of pyridine rings is 1. The van der Waals surface area contributed by atoms with Crippen molar-refractivity contribution < 1.29 is 8.42 Å². The smallest absolute Gasteiger partial charge is 0.150 e. The molecule has 5 rings (SSSR count). The Hall–Kier alpha value is -1.72. The van der Waals surface area contributed by atoms with Crippen molar-refractivity contribution in [2.24, 2.45) is 5.92 Å². The molecule has 2 fully saturated rings. The Morgan fingerprint density at radius 2 is 2.00 bits per heavy atom. The number of benzene rings is 1. The maximum Gasteiger partial charge on any atom is 0.150 e. The van der Waals surface area contributed by atoms with Gasteiger partial charge in [-0.2, -0.15) is 0 Å². The van der Waals surface area contributed by atoms with Crippen molar-refractivity contribution >= 4 is 9.84 Å². The van der Waals surface area contributed by atoms with Gasteiger partial charge in [0.25, 0.3) is 0 Å². The Kier molecular flexibility index (Phi) is 4.99. The summed E-state index contributed by atoms with van der Waals surface area (Å²) in [5.74, 6) is 1.07. The number of nitrogens with one attached hydrogen (secondary N) is 1. The fourth-order valence-electron chi connectivity index (χ4n) is 5.16. The van der Waals surface area contributed by atoms with Gasteiger partial charge in [0.05, 0.1) is 11.5 Å². The molecule has 154 valence electrons. The van der Waals surface area contributed by atoms with Crippen LogP contribution in [-0.4, -0.2) is 31.5 Å². The van der Waals surface area contributed by atoms with E-state index in [-0.39, 0.29) is 17.2 Å². The Morgan fingerprint density at radius 1 is 1.14 bits per heavy atom. The summed E-state index contributed by atoms with van der Waals surface area (Å²) in [7, 11) is -2.94. The van der Waals surface area contributed by atoms with Crippen molar-refractivity contribution in [1.82, 2.24) is 10.3 Å². The molecular weight excluding hydrogens is 380 g/mol. The Balaban J connectivity index is 1.41. The molecule has 0 bridgehead atoms. The fourth-order valence-corrected chi connectivity index (χ4v) is 6.92. The SMILES string of the molecule is O=S(=O)(CCc1ccc2c(c1)C(C1(c3ccccn3)CCC1)NCC2)CC1CC1. The molecule has 1 atom stereocenters. The van der Waals surface area contributed by atoms with Crippen molar-refractivity contribution in [1.29, 1.82) is 0 Å². The zero-order chi connectivity index (χ0) is 19.9. The summed E-state index contributed by atoms with van der Waals surface area (Å²) in [6, 6.07) is 13.2. The van der Waals surface area contributed by atoms with E-state index in [1.807, 2.05) is 12.3 Å². The van der Waals surface area contributed by atoms with Gasteiger partial charge in [-0.05, 0) is 79.8 Å². The number of sulfone groups is 1. The molecule has 3 aliphatic rings. The summed E-state index contributed by atoms with van der Waals surface area (Å²) < 4.78 is 24.8. The van der Waals surface area contributed by atoms with E-state index in [4.69, 9.17) is 4.98 Å². The summed E-state index contributed by atoms with van der Waals surface area (Å²) >= 11 is 0. The van der Waals surface area contributed by atoms with Gasteiger partial charge in [0, 0.05) is 23.3 Å². The molecule has 1 aromatic heterocycles. The van der Waals surface area contributed by atoms with E-state index >= 15 is 0 Å². The third kappa shape index (κ3) is 3.87. The van der Waals surface area contributed by atoms with Gasteiger partial charge in [-0.3, -0.25) is 4.98 Å². The third-order valence-corrected chi connectivity index (χ3v) is 8.93. The van der Waals surface area contributed by atoms with Crippen molar-refractivity contribution in [2.75, 3.05) is 18.1 Å². The Morgan fingerprint density at radius 3 is 2.69 bits per heavy atom. The van der Waals surface area contributed by atoms with Crippen LogP contribution in [0.2, 0.25) is 0 Å². The summed E-state index contributed by atoms with van der Waals surface area (Å²) in [5, 5.41) is 3.79. The first-order chi connectivity index (χ1) is 14.1. The minimum Gasteiger partial charge on any atom is -0.309 e. The number of rotatable bonds is 7. The lowest BCUT2D eigenvalue weighted by molar-refractivity contribution is 0.159. The van der Waals surface area contributed by atoms with E-state index in [9.17, 15) is 8.42 Å². The van der Waals surface area contributed by atoms with Crippen molar-refractivity contribution in [3.8, 4) is 0 Å². The summed E-state index contributed by atoms with van der Waals surface area (Å²) in [6.45, 7) is 0.987. The quantitative estimate of drug-likeness (QED) is 0.755. The lowest BCUT2D eigenvalue weighted by Crippen LogP contribution is -2.49. The average Bonchev–Trinajstić information content (AvgIpc) is 3.50. The van der Waals surface area contributed by atoms with Crippen molar-refractivity contribution in [3.05, 3.63) is 65.0 Å². The van der Waals surface area contributed by atoms with Gasteiger partial charge in [-0.25, -0.2) is 8.42 Å². The second-order valence-electron chi connectivity index (χ2n) is 9.20. The molecule has 2 saturated carbocycles. The highest BCUT2D eigenvalue weighted by atomic mass is 32.2. The molecule has 2 heterocycles. The molecule has 0 radical (unpaired) electrons. The zero-order valence-corrected chi connectivity index (χ0v) is 17.8. The molecule has 1 aromatic carbocycles. The number of aromatic nitrogens is 1. The summed E-state index contributed by atoms with van der Waals surface area (Å²) in [6.07, 6.45) is 9.27. The highest BCUT2D eigenvalue weighted by Gasteiger charge is 2.48. The molecule has 29 heavy (non-hydrogen) atoms. The fraction of sp³-hybridized carbons (Fsp3) is 0.542. The standard InChI is InChI=1S/C24H30N2O2S/c27-29(28,17-19-5-6-19)15-10-18-7-8-20-9-14-26-23(21(20)16-18)24(11-3-12-24)22-4-1-2-13-25-22/h1-2,4,7-8,13,16,19,23,26H,3,5-6,9-12,14-15,17H2. The lowest BCUT2D eigenvalue weighted by atomic mass is 9.59. The van der Waals surface area contributed by atoms with Crippen LogP contribution in [0.4, 0.5) is 0 Å². The van der Waals surface area contributed by atoms with Gasteiger partial charge in [0.1, 0.15) is 0 Å². The number of aryl methyl sites for hydroxylation is 1. The van der Waals surface area contributed by atoms with E-state index in [1.54, 1.807) is 0 Å². The number of fused-ring (bicyclic) bond motifs is 1. The highest BCUT2D eigenvalue weighted by Crippen LogP contribution is 2.52. The van der Waals surface area contributed by atoms with E-state index < -0.39 is 9.84 Å². The van der Waals surface area contributed by atoms with Crippen LogP contribution in [0.3, 0.4) is 0 Å². The van der Waals surface area contributed by atoms with Gasteiger partial charge >= 0.3 is 0 Å².